The molecular formula is C25H24ClF2N5O4. The van der Waals surface area contributed by atoms with E-state index in [0.717, 1.165) is 0 Å². The van der Waals surface area contributed by atoms with Crippen molar-refractivity contribution >= 4 is 35.0 Å². The predicted molar refractivity (Wildman–Crippen MR) is 133 cm³/mol. The molecule has 1 aromatic heterocycles. The van der Waals surface area contributed by atoms with Crippen LogP contribution in [0.2, 0.25) is 5.02 Å². The molecule has 2 aromatic carbocycles. The number of nitrogens with one attached hydrogen (secondary N) is 1. The van der Waals surface area contributed by atoms with E-state index >= 15 is 0 Å². The van der Waals surface area contributed by atoms with Gasteiger partial charge in [0.2, 0.25) is 11.7 Å². The molecule has 2 heterocycles. The summed E-state index contributed by atoms with van der Waals surface area (Å²) < 4.78 is 34.8. The smallest absolute Gasteiger partial charge is 0.291 e. The lowest BCUT2D eigenvalue weighted by Crippen LogP contribution is -2.50. The summed E-state index contributed by atoms with van der Waals surface area (Å²) in [5, 5.41) is 2.80. The fourth-order valence-corrected chi connectivity index (χ4v) is 4.37. The number of amides is 3. The third-order valence-corrected chi connectivity index (χ3v) is 6.52. The van der Waals surface area contributed by atoms with Crippen LogP contribution in [-0.2, 0) is 11.8 Å². The van der Waals surface area contributed by atoms with E-state index < -0.39 is 17.5 Å². The van der Waals surface area contributed by atoms with Crippen molar-refractivity contribution < 1.29 is 27.9 Å². The summed E-state index contributed by atoms with van der Waals surface area (Å²) in [5.74, 6) is -3.47. The van der Waals surface area contributed by atoms with Gasteiger partial charge in [-0.1, -0.05) is 11.6 Å². The molecule has 0 atom stereocenters. The Morgan fingerprint density at radius 3 is 2.32 bits per heavy atom. The summed E-state index contributed by atoms with van der Waals surface area (Å²) in [6.07, 6.45) is 1.26. The molecule has 12 heteroatoms. The fraction of sp³-hybridized carbons (Fsp3) is 0.280. The molecule has 1 aliphatic rings. The van der Waals surface area contributed by atoms with Crippen LogP contribution in [0.5, 0.6) is 5.75 Å². The van der Waals surface area contributed by atoms with Gasteiger partial charge in [0.15, 0.2) is 17.4 Å². The topological polar surface area (TPSA) is 96.8 Å². The van der Waals surface area contributed by atoms with E-state index in [1.807, 2.05) is 0 Å². The highest BCUT2D eigenvalue weighted by atomic mass is 35.5. The second-order valence-corrected chi connectivity index (χ2v) is 8.82. The standard InChI is InChI=1S/C25H24ClF2N5O4/c1-14(34)32-8-10-33(11-9-32)25(36)16-5-4-15(12-18(16)26)30-24(35)23-29-13-19(31(23)2)17-6-7-20(37-3)22(28)21(17)27/h4-7,12-13H,8-11H2,1-3H3,(H,30,35). The van der Waals surface area contributed by atoms with E-state index in [0.29, 0.717) is 31.9 Å². The molecule has 1 saturated heterocycles. The highest BCUT2D eigenvalue weighted by molar-refractivity contribution is 6.34. The maximum Gasteiger partial charge on any atom is 0.291 e. The van der Waals surface area contributed by atoms with Gasteiger partial charge in [-0.05, 0) is 30.3 Å². The minimum Gasteiger partial charge on any atom is -0.494 e. The molecule has 1 aliphatic heterocycles. The van der Waals surface area contributed by atoms with E-state index in [1.165, 1.54) is 62.2 Å². The molecule has 0 bridgehead atoms. The zero-order valence-electron chi connectivity index (χ0n) is 20.3. The third kappa shape index (κ3) is 5.12. The molecule has 0 unspecified atom stereocenters. The van der Waals surface area contributed by atoms with Crippen molar-refractivity contribution in [3.8, 4) is 17.0 Å². The number of benzene rings is 2. The number of hydrogen-bond donors (Lipinski definition) is 1. The Hall–Kier alpha value is -3.99. The lowest BCUT2D eigenvalue weighted by Gasteiger charge is -2.34. The average Bonchev–Trinajstić information content (AvgIpc) is 3.26. The molecule has 9 nitrogen and oxygen atoms in total. The zero-order valence-corrected chi connectivity index (χ0v) is 21.1. The Kier molecular flexibility index (Phi) is 7.44. The first-order valence-electron chi connectivity index (χ1n) is 11.3. The average molecular weight is 532 g/mol. The van der Waals surface area contributed by atoms with Gasteiger partial charge in [0.25, 0.3) is 11.8 Å². The van der Waals surface area contributed by atoms with Crippen LogP contribution in [0.4, 0.5) is 14.5 Å². The quantitative estimate of drug-likeness (QED) is 0.543. The van der Waals surface area contributed by atoms with Crippen molar-refractivity contribution in [2.75, 3.05) is 38.6 Å². The number of halogens is 3. The van der Waals surface area contributed by atoms with Crippen LogP contribution in [0.3, 0.4) is 0 Å². The van der Waals surface area contributed by atoms with Gasteiger partial charge < -0.3 is 24.4 Å². The number of carbonyl (C=O) groups excluding carboxylic acids is 3. The SMILES string of the molecule is COc1ccc(-c2cnc(C(=O)Nc3ccc(C(=O)N4CCN(C(C)=O)CC4)c(Cl)c3)n2C)c(F)c1F. The highest BCUT2D eigenvalue weighted by Crippen LogP contribution is 2.30. The summed E-state index contributed by atoms with van der Waals surface area (Å²) in [6, 6.07) is 7.11. The van der Waals surface area contributed by atoms with Gasteiger partial charge in [-0.15, -0.1) is 0 Å². The fourth-order valence-electron chi connectivity index (χ4n) is 4.11. The number of methoxy groups -OCH3 is 1. The Labute approximate surface area is 216 Å². The molecule has 37 heavy (non-hydrogen) atoms. The van der Waals surface area contributed by atoms with E-state index in [-0.39, 0.29) is 45.2 Å². The van der Waals surface area contributed by atoms with Gasteiger partial charge >= 0.3 is 0 Å². The number of nitrogens with zero attached hydrogens (tertiary/aromatic N) is 4. The van der Waals surface area contributed by atoms with E-state index in [9.17, 15) is 23.2 Å². The maximum atomic E-state index is 14.5. The number of carbonyl (C=O) groups is 3. The first-order chi connectivity index (χ1) is 17.6. The summed E-state index contributed by atoms with van der Waals surface area (Å²) in [6.45, 7) is 3.18. The van der Waals surface area contributed by atoms with Gasteiger partial charge in [0.1, 0.15) is 0 Å². The van der Waals surface area contributed by atoms with Gasteiger partial charge in [-0.3, -0.25) is 14.4 Å². The van der Waals surface area contributed by atoms with Crippen LogP contribution in [0.1, 0.15) is 27.9 Å². The number of hydrogen-bond acceptors (Lipinski definition) is 5. The van der Waals surface area contributed by atoms with Crippen molar-refractivity contribution in [2.45, 2.75) is 6.92 Å². The molecule has 0 radical (unpaired) electrons. The third-order valence-electron chi connectivity index (χ3n) is 6.20. The van der Waals surface area contributed by atoms with Crippen LogP contribution in [0, 0.1) is 11.6 Å². The summed E-state index contributed by atoms with van der Waals surface area (Å²) in [5.41, 5.74) is 0.696. The molecule has 3 amide bonds. The Balaban J connectivity index is 1.48. The molecule has 194 valence electrons. The Morgan fingerprint density at radius 1 is 1.03 bits per heavy atom. The number of aromatic nitrogens is 2. The van der Waals surface area contributed by atoms with Crippen molar-refractivity contribution in [3.05, 3.63) is 64.6 Å². The summed E-state index contributed by atoms with van der Waals surface area (Å²) >= 11 is 6.35. The number of imidazole rings is 1. The second kappa shape index (κ2) is 10.6. The summed E-state index contributed by atoms with van der Waals surface area (Å²) in [7, 11) is 2.73. The minimum atomic E-state index is -1.14. The largest absolute Gasteiger partial charge is 0.494 e. The zero-order chi connectivity index (χ0) is 26.9. The van der Waals surface area contributed by atoms with Crippen LogP contribution < -0.4 is 10.1 Å². The summed E-state index contributed by atoms with van der Waals surface area (Å²) in [4.78, 5) is 44.6. The minimum absolute atomic E-state index is 0.0358. The van der Waals surface area contributed by atoms with Crippen LogP contribution in [-0.4, -0.2) is 70.4 Å². The van der Waals surface area contributed by atoms with E-state index in [2.05, 4.69) is 10.3 Å². The molecule has 1 fully saturated rings. The second-order valence-electron chi connectivity index (χ2n) is 8.42. The molecule has 0 aliphatic carbocycles. The normalized spacial score (nSPS) is 13.5. The van der Waals surface area contributed by atoms with Gasteiger partial charge in [-0.2, -0.15) is 4.39 Å². The van der Waals surface area contributed by atoms with Crippen molar-refractivity contribution in [1.82, 2.24) is 19.4 Å². The lowest BCUT2D eigenvalue weighted by atomic mass is 10.1. The van der Waals surface area contributed by atoms with E-state index in [1.54, 1.807) is 9.80 Å². The maximum absolute atomic E-state index is 14.5. The molecule has 4 rings (SSSR count). The van der Waals surface area contributed by atoms with Gasteiger partial charge in [0.05, 0.1) is 29.6 Å². The number of rotatable bonds is 5. The first kappa shape index (κ1) is 26.1. The highest BCUT2D eigenvalue weighted by Gasteiger charge is 2.25. The molecular weight excluding hydrogens is 508 g/mol. The predicted octanol–water partition coefficient (Wildman–Crippen LogP) is 3.58. The number of piperazine rings is 1. The van der Waals surface area contributed by atoms with Crippen molar-refractivity contribution in [1.29, 1.82) is 0 Å². The monoisotopic (exact) mass is 531 g/mol. The Morgan fingerprint density at radius 2 is 1.70 bits per heavy atom. The van der Waals surface area contributed by atoms with Crippen LogP contribution in [0.25, 0.3) is 11.3 Å². The molecule has 0 spiro atoms. The van der Waals surface area contributed by atoms with E-state index in [4.69, 9.17) is 16.3 Å². The lowest BCUT2D eigenvalue weighted by molar-refractivity contribution is -0.130. The van der Waals surface area contributed by atoms with Crippen molar-refractivity contribution in [3.63, 3.8) is 0 Å². The van der Waals surface area contributed by atoms with Gasteiger partial charge in [-0.25, -0.2) is 9.37 Å². The van der Waals surface area contributed by atoms with Crippen LogP contribution >= 0.6 is 11.6 Å². The molecule has 0 saturated carbocycles. The van der Waals surface area contributed by atoms with Crippen LogP contribution in [0.15, 0.2) is 36.5 Å². The first-order valence-corrected chi connectivity index (χ1v) is 11.7. The Bertz CT molecular complexity index is 1390. The van der Waals surface area contributed by atoms with Gasteiger partial charge in [0, 0.05) is 51.4 Å². The van der Waals surface area contributed by atoms with Crippen molar-refractivity contribution in [2.24, 2.45) is 7.05 Å². The number of anilines is 1. The molecule has 3 aromatic rings. The molecule has 1 N–H and O–H groups in total. The number of ether oxygens (including phenoxy) is 1.